The number of fused-ring (bicyclic) bond motifs is 1. The van der Waals surface area contributed by atoms with Gasteiger partial charge in [0.2, 0.25) is 6.41 Å². The molecule has 3 aromatic heterocycles. The van der Waals surface area contributed by atoms with Crippen LogP contribution in [0.1, 0.15) is 63.0 Å². The lowest BCUT2D eigenvalue weighted by atomic mass is 10.0. The fraction of sp³-hybridized carbons (Fsp3) is 0.368. The summed E-state index contributed by atoms with van der Waals surface area (Å²) in [4.78, 5) is 39.9. The number of aromatic nitrogens is 5. The quantitative estimate of drug-likeness (QED) is 0.0648. The molecule has 0 radical (unpaired) electrons. The van der Waals surface area contributed by atoms with Crippen molar-refractivity contribution < 1.29 is 9.59 Å². The number of allylic oxidation sites excluding steroid dienone is 5. The molecule has 1 atom stereocenters. The number of hydrogen-bond donors (Lipinski definition) is 2. The van der Waals surface area contributed by atoms with Crippen LogP contribution in [0.3, 0.4) is 0 Å². The molecule has 5 rings (SSSR count). The fourth-order valence-electron chi connectivity index (χ4n) is 5.63. The van der Waals surface area contributed by atoms with Gasteiger partial charge < -0.3 is 15.1 Å². The lowest BCUT2D eigenvalue weighted by Gasteiger charge is -2.26. The Morgan fingerprint density at radius 1 is 1.17 bits per heavy atom. The zero-order chi connectivity index (χ0) is 34.3. The average molecular weight is 649 g/mol. The zero-order valence-corrected chi connectivity index (χ0v) is 28.7. The summed E-state index contributed by atoms with van der Waals surface area (Å²) in [6.45, 7) is 17.9. The molecule has 10 heteroatoms. The second-order valence-electron chi connectivity index (χ2n) is 12.1. The minimum Gasteiger partial charge on any atom is -0.370 e. The van der Waals surface area contributed by atoms with Crippen LogP contribution in [-0.2, 0) is 4.79 Å². The molecule has 4 heterocycles. The number of carbonyl (C=O) groups is 2. The topological polar surface area (TPSA) is 120 Å². The number of carbonyl (C=O) groups excluding carboxylic acids is 2. The first kappa shape index (κ1) is 35.9. The Morgan fingerprint density at radius 3 is 2.58 bits per heavy atom. The van der Waals surface area contributed by atoms with E-state index in [1.54, 1.807) is 18.6 Å². The van der Waals surface area contributed by atoms with E-state index in [1.807, 2.05) is 37.3 Å². The second kappa shape index (κ2) is 18.4. The summed E-state index contributed by atoms with van der Waals surface area (Å²) < 4.78 is 0. The Kier molecular flexibility index (Phi) is 13.8. The largest absolute Gasteiger partial charge is 0.370 e. The van der Waals surface area contributed by atoms with Gasteiger partial charge in [0.25, 0.3) is 0 Å². The SMILES string of the molecule is C=C(/C=C(\C=C/C)c1[nH]nc2ncc(C(C)=O)cc12)CC.CC1CCN(CCCN(CCNC=O)c2ccc(-c3ncccn3)cc2)C1. The van der Waals surface area contributed by atoms with Crippen LogP contribution in [0.2, 0.25) is 0 Å². The third-order valence-corrected chi connectivity index (χ3v) is 8.34. The molecular formula is C38H48N8O2. The van der Waals surface area contributed by atoms with E-state index in [2.05, 4.69) is 85.0 Å². The molecule has 1 aromatic carbocycles. The van der Waals surface area contributed by atoms with E-state index in [1.165, 1.54) is 26.4 Å². The van der Waals surface area contributed by atoms with Crippen LogP contribution in [0.4, 0.5) is 5.69 Å². The summed E-state index contributed by atoms with van der Waals surface area (Å²) in [5.41, 5.74) is 6.23. The minimum atomic E-state index is -0.00826. The smallest absolute Gasteiger partial charge is 0.207 e. The Morgan fingerprint density at radius 2 is 1.94 bits per heavy atom. The number of nitrogens with one attached hydrogen (secondary N) is 2. The number of aromatic amines is 1. The Balaban J connectivity index is 0.000000224. The van der Waals surface area contributed by atoms with Gasteiger partial charge in [-0.3, -0.25) is 14.7 Å². The molecule has 1 saturated heterocycles. The number of anilines is 1. The predicted molar refractivity (Wildman–Crippen MR) is 195 cm³/mol. The van der Waals surface area contributed by atoms with Crippen molar-refractivity contribution in [1.29, 1.82) is 0 Å². The van der Waals surface area contributed by atoms with Gasteiger partial charge in [0.05, 0.1) is 5.69 Å². The molecule has 1 amide bonds. The molecule has 2 N–H and O–H groups in total. The molecule has 252 valence electrons. The molecular weight excluding hydrogens is 600 g/mol. The summed E-state index contributed by atoms with van der Waals surface area (Å²) in [5, 5.41) is 10.8. The van der Waals surface area contributed by atoms with Gasteiger partial charge in [-0.1, -0.05) is 44.2 Å². The molecule has 0 bridgehead atoms. The van der Waals surface area contributed by atoms with Crippen LogP contribution >= 0.6 is 0 Å². The Bertz CT molecular complexity index is 1690. The van der Waals surface area contributed by atoms with Crippen molar-refractivity contribution in [3.63, 3.8) is 0 Å². The van der Waals surface area contributed by atoms with Gasteiger partial charge >= 0.3 is 0 Å². The third-order valence-electron chi connectivity index (χ3n) is 8.34. The molecule has 0 spiro atoms. The summed E-state index contributed by atoms with van der Waals surface area (Å²) >= 11 is 0. The van der Waals surface area contributed by atoms with Crippen molar-refractivity contribution in [2.45, 2.75) is 47.0 Å². The van der Waals surface area contributed by atoms with Gasteiger partial charge in [-0.25, -0.2) is 15.0 Å². The van der Waals surface area contributed by atoms with Gasteiger partial charge in [0.15, 0.2) is 17.3 Å². The maximum atomic E-state index is 11.5. The Hall–Kier alpha value is -4.96. The van der Waals surface area contributed by atoms with Crippen molar-refractivity contribution in [2.75, 3.05) is 44.2 Å². The maximum absolute atomic E-state index is 11.5. The molecule has 0 aliphatic carbocycles. The first-order valence-corrected chi connectivity index (χ1v) is 16.7. The number of nitrogens with zero attached hydrogens (tertiary/aromatic N) is 6. The number of H-pyrrole nitrogens is 1. The predicted octanol–water partition coefficient (Wildman–Crippen LogP) is 6.51. The van der Waals surface area contributed by atoms with Gasteiger partial charge in [-0.05, 0) is 88.5 Å². The van der Waals surface area contributed by atoms with Crippen molar-refractivity contribution in [1.82, 2.24) is 35.4 Å². The van der Waals surface area contributed by atoms with E-state index in [0.29, 0.717) is 17.8 Å². The average Bonchev–Trinajstić information content (AvgIpc) is 3.73. The highest BCUT2D eigenvalue weighted by molar-refractivity contribution is 5.99. The van der Waals surface area contributed by atoms with Gasteiger partial charge in [-0.15, -0.1) is 0 Å². The van der Waals surface area contributed by atoms with E-state index in [-0.39, 0.29) is 5.78 Å². The van der Waals surface area contributed by atoms with Crippen LogP contribution in [0.25, 0.3) is 28.0 Å². The van der Waals surface area contributed by atoms with Crippen molar-refractivity contribution in [2.24, 2.45) is 5.92 Å². The molecule has 48 heavy (non-hydrogen) atoms. The highest BCUT2D eigenvalue weighted by Crippen LogP contribution is 2.25. The molecule has 10 nitrogen and oxygen atoms in total. The molecule has 1 unspecified atom stereocenters. The summed E-state index contributed by atoms with van der Waals surface area (Å²) in [7, 11) is 0. The highest BCUT2D eigenvalue weighted by Gasteiger charge is 2.18. The Labute approximate surface area is 284 Å². The van der Waals surface area contributed by atoms with Gasteiger partial charge in [0.1, 0.15) is 0 Å². The fourth-order valence-corrected chi connectivity index (χ4v) is 5.63. The van der Waals surface area contributed by atoms with Crippen molar-refractivity contribution in [3.8, 4) is 11.4 Å². The number of rotatable bonds is 15. The third kappa shape index (κ3) is 10.3. The number of hydrogen-bond acceptors (Lipinski definition) is 8. The van der Waals surface area contributed by atoms with Crippen molar-refractivity contribution in [3.05, 3.63) is 96.6 Å². The van der Waals surface area contributed by atoms with Crippen LogP contribution in [0.15, 0.2) is 85.4 Å². The number of pyridine rings is 1. The summed E-state index contributed by atoms with van der Waals surface area (Å²) in [5.74, 6) is 1.55. The van der Waals surface area contributed by atoms with E-state index < -0.39 is 0 Å². The monoisotopic (exact) mass is 648 g/mol. The number of benzene rings is 1. The van der Waals surface area contributed by atoms with Gasteiger partial charge in [0, 0.05) is 72.5 Å². The van der Waals surface area contributed by atoms with Crippen LogP contribution in [-0.4, -0.2) is 81.5 Å². The molecule has 0 saturated carbocycles. The number of amides is 1. The van der Waals surface area contributed by atoms with Crippen LogP contribution < -0.4 is 10.2 Å². The van der Waals surface area contributed by atoms with E-state index in [9.17, 15) is 9.59 Å². The van der Waals surface area contributed by atoms with Crippen LogP contribution in [0.5, 0.6) is 0 Å². The standard InChI is InChI=1S/C21H29N5O.C17H19N3O/c1-18-8-14-25(16-18)12-3-13-26(15-11-22-17-27)20-6-4-19(5-7-20)21-23-9-2-10-24-21;1-5-7-13(8-11(3)6-2)16-15-9-14(12(4)21)10-18-17(15)20-19-16/h2,4-7,9-10,17-18H,3,8,11-16H2,1H3,(H,22,27);5,7-10H,3,6H2,1-2,4H3,(H,18,19,20)/b;7-5-,13-8+. The molecule has 1 fully saturated rings. The number of likely N-dealkylation sites (tertiary alicyclic amines) is 1. The lowest BCUT2D eigenvalue weighted by molar-refractivity contribution is -0.109. The first-order chi connectivity index (χ1) is 23.3. The number of ketones is 1. The van der Waals surface area contributed by atoms with Crippen molar-refractivity contribution >= 4 is 34.5 Å². The summed E-state index contributed by atoms with van der Waals surface area (Å²) in [6.07, 6.45) is 15.1. The highest BCUT2D eigenvalue weighted by atomic mass is 16.1. The maximum Gasteiger partial charge on any atom is 0.207 e. The van der Waals surface area contributed by atoms with Crippen LogP contribution in [0, 0.1) is 5.92 Å². The first-order valence-electron chi connectivity index (χ1n) is 16.7. The van der Waals surface area contributed by atoms with E-state index in [4.69, 9.17) is 0 Å². The van der Waals surface area contributed by atoms with Gasteiger partial charge in [-0.2, -0.15) is 5.10 Å². The molecule has 1 aliphatic heterocycles. The second-order valence-corrected chi connectivity index (χ2v) is 12.1. The molecule has 1 aliphatic rings. The minimum absolute atomic E-state index is 0.00826. The van der Waals surface area contributed by atoms with E-state index in [0.717, 1.165) is 84.1 Å². The zero-order valence-electron chi connectivity index (χ0n) is 28.7. The van der Waals surface area contributed by atoms with E-state index >= 15 is 0 Å². The normalized spacial score (nSPS) is 14.9. The lowest BCUT2D eigenvalue weighted by Crippen LogP contribution is -2.34. The number of Topliss-reactive ketones (excluding diaryl/α,β-unsaturated/α-hetero) is 1. The summed E-state index contributed by atoms with van der Waals surface area (Å²) in [6, 6.07) is 12.0. The molecule has 4 aromatic rings.